The normalized spacial score (nSPS) is 14.9. The monoisotopic (exact) mass is 595 g/mol. The second-order valence-corrected chi connectivity index (χ2v) is 10.4. The van der Waals surface area contributed by atoms with Crippen molar-refractivity contribution in [3.63, 3.8) is 0 Å². The van der Waals surface area contributed by atoms with Crippen LogP contribution >= 0.6 is 0 Å². The van der Waals surface area contributed by atoms with Gasteiger partial charge in [-0.2, -0.15) is 0 Å². The molecule has 0 saturated carbocycles. The molecule has 5 rings (SSSR count). The van der Waals surface area contributed by atoms with Gasteiger partial charge in [-0.25, -0.2) is 9.97 Å². The summed E-state index contributed by atoms with van der Waals surface area (Å²) in [5.41, 5.74) is 2.13. The Labute approximate surface area is 246 Å². The van der Waals surface area contributed by atoms with E-state index in [4.69, 9.17) is 9.72 Å². The first-order chi connectivity index (χ1) is 20.6. The first-order valence-electron chi connectivity index (χ1n) is 14.0. The smallest absolute Gasteiger partial charge is 0.406 e. The first kappa shape index (κ1) is 30.2. The fraction of sp³-hybridized carbons (Fsp3) is 0.355. The van der Waals surface area contributed by atoms with Crippen molar-refractivity contribution in [1.29, 1.82) is 0 Å². The number of hydrogen-bond acceptors (Lipinski definition) is 7. The van der Waals surface area contributed by atoms with Crippen LogP contribution in [0, 0.1) is 6.92 Å². The number of benzene rings is 2. The molecule has 0 bridgehead atoms. The molecule has 0 unspecified atom stereocenters. The molecule has 1 atom stereocenters. The van der Waals surface area contributed by atoms with Gasteiger partial charge in [0.05, 0.1) is 36.8 Å². The second kappa shape index (κ2) is 12.9. The van der Waals surface area contributed by atoms with Gasteiger partial charge in [0.2, 0.25) is 5.91 Å². The van der Waals surface area contributed by atoms with Crippen molar-refractivity contribution in [2.75, 3.05) is 39.4 Å². The van der Waals surface area contributed by atoms with E-state index in [0.29, 0.717) is 48.8 Å². The average Bonchev–Trinajstić information content (AvgIpc) is 2.98. The van der Waals surface area contributed by atoms with Crippen LogP contribution in [0.25, 0.3) is 16.7 Å². The SMILES string of the molecule is Cc1ccc(-n2c([C@@H](C)N(CCN3CCOCC3)C(=O)Cc3ccc(OC(F)(F)F)cc3)nc3ncccc3c2=O)cc1. The molecule has 1 fully saturated rings. The number of aromatic nitrogens is 3. The van der Waals surface area contributed by atoms with E-state index in [-0.39, 0.29) is 29.3 Å². The number of hydrogen-bond donors (Lipinski definition) is 0. The van der Waals surface area contributed by atoms with Crippen LogP contribution in [0.4, 0.5) is 13.2 Å². The van der Waals surface area contributed by atoms with Crippen LogP contribution < -0.4 is 10.3 Å². The number of halogens is 3. The molecule has 0 N–H and O–H groups in total. The second-order valence-electron chi connectivity index (χ2n) is 10.4. The zero-order valence-electron chi connectivity index (χ0n) is 23.9. The van der Waals surface area contributed by atoms with E-state index >= 15 is 0 Å². The number of carbonyl (C=O) groups excluding carboxylic acids is 1. The third-order valence-corrected chi connectivity index (χ3v) is 7.40. The Balaban J connectivity index is 1.51. The summed E-state index contributed by atoms with van der Waals surface area (Å²) in [5, 5.41) is 0.353. The minimum Gasteiger partial charge on any atom is -0.406 e. The molecular formula is C31H32F3N5O4. The summed E-state index contributed by atoms with van der Waals surface area (Å²) in [6.45, 7) is 7.32. The lowest BCUT2D eigenvalue weighted by Gasteiger charge is -2.34. The number of carbonyl (C=O) groups is 1. The van der Waals surface area contributed by atoms with E-state index in [1.54, 1.807) is 23.2 Å². The molecule has 1 aliphatic heterocycles. The maximum atomic E-state index is 13.9. The molecule has 12 heteroatoms. The quantitative estimate of drug-likeness (QED) is 0.283. The standard InChI is InChI=1S/C31H32F3N5O4/c1-21-5-9-24(10-6-21)39-29(36-28-26(30(39)41)4-3-13-35-28)22(2)38(15-14-37-16-18-42-19-17-37)27(40)20-23-7-11-25(12-8-23)43-31(32,33)34/h3-13,22H,14-20H2,1-2H3/t22-/m1/s1. The van der Waals surface area contributed by atoms with Crippen molar-refractivity contribution in [2.45, 2.75) is 32.7 Å². The molecule has 0 spiro atoms. The number of alkyl halides is 3. The van der Waals surface area contributed by atoms with Gasteiger partial charge < -0.3 is 14.4 Å². The van der Waals surface area contributed by atoms with E-state index in [1.165, 1.54) is 28.8 Å². The van der Waals surface area contributed by atoms with Gasteiger partial charge in [-0.3, -0.25) is 19.1 Å². The minimum absolute atomic E-state index is 0.0691. The molecule has 3 heterocycles. The van der Waals surface area contributed by atoms with Crippen molar-refractivity contribution in [2.24, 2.45) is 0 Å². The molecular weight excluding hydrogens is 563 g/mol. The molecule has 2 aromatic heterocycles. The highest BCUT2D eigenvalue weighted by Crippen LogP contribution is 2.26. The predicted molar refractivity (Wildman–Crippen MR) is 154 cm³/mol. The fourth-order valence-electron chi connectivity index (χ4n) is 5.09. The maximum Gasteiger partial charge on any atom is 0.573 e. The number of pyridine rings is 1. The van der Waals surface area contributed by atoms with Gasteiger partial charge in [-0.1, -0.05) is 29.8 Å². The average molecular weight is 596 g/mol. The molecule has 43 heavy (non-hydrogen) atoms. The molecule has 1 aliphatic rings. The highest BCUT2D eigenvalue weighted by molar-refractivity contribution is 5.79. The highest BCUT2D eigenvalue weighted by Gasteiger charge is 2.31. The van der Waals surface area contributed by atoms with Crippen LogP contribution in [-0.2, 0) is 16.0 Å². The molecule has 0 aliphatic carbocycles. The van der Waals surface area contributed by atoms with Gasteiger partial charge in [0.1, 0.15) is 11.6 Å². The molecule has 2 aromatic carbocycles. The van der Waals surface area contributed by atoms with Crippen LogP contribution in [0.2, 0.25) is 0 Å². The largest absolute Gasteiger partial charge is 0.573 e. The number of rotatable bonds is 9. The summed E-state index contributed by atoms with van der Waals surface area (Å²) in [7, 11) is 0. The summed E-state index contributed by atoms with van der Waals surface area (Å²) in [5.74, 6) is -0.281. The van der Waals surface area contributed by atoms with Gasteiger partial charge >= 0.3 is 6.36 Å². The maximum absolute atomic E-state index is 13.9. The minimum atomic E-state index is -4.81. The van der Waals surface area contributed by atoms with Gasteiger partial charge in [-0.15, -0.1) is 13.2 Å². The summed E-state index contributed by atoms with van der Waals surface area (Å²) >= 11 is 0. The topological polar surface area (TPSA) is 89.8 Å². The van der Waals surface area contributed by atoms with E-state index in [1.807, 2.05) is 38.1 Å². The summed E-state index contributed by atoms with van der Waals surface area (Å²) in [6.07, 6.45) is -3.31. The Morgan fingerprint density at radius 1 is 1.07 bits per heavy atom. The van der Waals surface area contributed by atoms with Crippen LogP contribution in [-0.4, -0.2) is 76.0 Å². The third-order valence-electron chi connectivity index (χ3n) is 7.40. The van der Waals surface area contributed by atoms with E-state index < -0.39 is 12.4 Å². The zero-order valence-corrected chi connectivity index (χ0v) is 23.9. The lowest BCUT2D eigenvalue weighted by Crippen LogP contribution is -2.45. The predicted octanol–water partition coefficient (Wildman–Crippen LogP) is 4.45. The van der Waals surface area contributed by atoms with Gasteiger partial charge in [0, 0.05) is 32.4 Å². The van der Waals surface area contributed by atoms with Crippen LogP contribution in [0.3, 0.4) is 0 Å². The molecule has 4 aromatic rings. The Morgan fingerprint density at radius 2 is 1.77 bits per heavy atom. The number of amides is 1. The Hall–Kier alpha value is -4.29. The molecule has 0 radical (unpaired) electrons. The number of aryl methyl sites for hydroxylation is 1. The summed E-state index contributed by atoms with van der Waals surface area (Å²) in [4.78, 5) is 40.7. The molecule has 226 valence electrons. The summed E-state index contributed by atoms with van der Waals surface area (Å²) < 4.78 is 48.8. The third kappa shape index (κ3) is 7.38. The van der Waals surface area contributed by atoms with Gasteiger partial charge in [0.15, 0.2) is 5.65 Å². The van der Waals surface area contributed by atoms with Crippen LogP contribution in [0.5, 0.6) is 5.75 Å². The Morgan fingerprint density at radius 3 is 2.44 bits per heavy atom. The van der Waals surface area contributed by atoms with Gasteiger partial charge in [-0.05, 0) is 55.8 Å². The summed E-state index contributed by atoms with van der Waals surface area (Å²) in [6, 6.07) is 15.4. The van der Waals surface area contributed by atoms with Crippen molar-refractivity contribution >= 4 is 16.9 Å². The van der Waals surface area contributed by atoms with E-state index in [0.717, 1.165) is 18.7 Å². The van der Waals surface area contributed by atoms with Crippen molar-refractivity contribution in [3.8, 4) is 11.4 Å². The first-order valence-corrected chi connectivity index (χ1v) is 14.0. The van der Waals surface area contributed by atoms with Crippen LogP contribution in [0.15, 0.2) is 71.7 Å². The number of ether oxygens (including phenoxy) is 2. The van der Waals surface area contributed by atoms with Crippen molar-refractivity contribution < 1.29 is 27.4 Å². The molecule has 1 amide bonds. The molecule has 1 saturated heterocycles. The Kier molecular flexibility index (Phi) is 9.07. The van der Waals surface area contributed by atoms with Crippen molar-refractivity contribution in [3.05, 3.63) is 94.2 Å². The number of fused-ring (bicyclic) bond motifs is 1. The molecule has 9 nitrogen and oxygen atoms in total. The lowest BCUT2D eigenvalue weighted by atomic mass is 10.1. The van der Waals surface area contributed by atoms with E-state index in [2.05, 4.69) is 14.6 Å². The number of morpholine rings is 1. The van der Waals surface area contributed by atoms with Crippen LogP contribution in [0.1, 0.15) is 29.9 Å². The van der Waals surface area contributed by atoms with Gasteiger partial charge in [0.25, 0.3) is 5.56 Å². The van der Waals surface area contributed by atoms with E-state index in [9.17, 15) is 22.8 Å². The Bertz CT molecular complexity index is 1620. The lowest BCUT2D eigenvalue weighted by molar-refractivity contribution is -0.274. The highest BCUT2D eigenvalue weighted by atomic mass is 19.4. The van der Waals surface area contributed by atoms with Crippen molar-refractivity contribution in [1.82, 2.24) is 24.3 Å². The fourth-order valence-corrected chi connectivity index (χ4v) is 5.09. The zero-order chi connectivity index (χ0) is 30.6. The number of nitrogens with zero attached hydrogens (tertiary/aromatic N) is 5.